The van der Waals surface area contributed by atoms with Crippen molar-refractivity contribution in [2.45, 2.75) is 31.5 Å². The van der Waals surface area contributed by atoms with Gasteiger partial charge in [-0.05, 0) is 24.1 Å². The summed E-state index contributed by atoms with van der Waals surface area (Å²) in [6.07, 6.45) is 2.26. The van der Waals surface area contributed by atoms with Gasteiger partial charge in [-0.25, -0.2) is 4.98 Å². The van der Waals surface area contributed by atoms with Crippen molar-refractivity contribution in [3.05, 3.63) is 54.2 Å². The maximum absolute atomic E-state index is 11.5. The summed E-state index contributed by atoms with van der Waals surface area (Å²) in [7, 11) is 0. The van der Waals surface area contributed by atoms with E-state index < -0.39 is 12.0 Å². The second-order valence-electron chi connectivity index (χ2n) is 5.89. The Balaban J connectivity index is 1.86. The maximum atomic E-state index is 11.5. The summed E-state index contributed by atoms with van der Waals surface area (Å²) in [5, 5.41) is 19.5. The Labute approximate surface area is 141 Å². The normalized spacial score (nSPS) is 18.6. The van der Waals surface area contributed by atoms with Gasteiger partial charge in [0.15, 0.2) is 0 Å². The summed E-state index contributed by atoms with van der Waals surface area (Å²) in [6.45, 7) is 2.55. The van der Waals surface area contributed by atoms with Gasteiger partial charge in [-0.2, -0.15) is 0 Å². The van der Waals surface area contributed by atoms with E-state index in [1.807, 2.05) is 49.4 Å². The van der Waals surface area contributed by atoms with Gasteiger partial charge in [0.2, 0.25) is 0 Å². The first kappa shape index (κ1) is 16.3. The molecule has 0 saturated heterocycles. The van der Waals surface area contributed by atoms with Crippen molar-refractivity contribution in [3.8, 4) is 0 Å². The van der Waals surface area contributed by atoms with Gasteiger partial charge in [0.1, 0.15) is 11.9 Å². The van der Waals surface area contributed by atoms with E-state index in [9.17, 15) is 9.90 Å². The smallest absolute Gasteiger partial charge is 0.320 e. The molecule has 0 fully saturated rings. The lowest BCUT2D eigenvalue weighted by atomic mass is 9.96. The number of nitrogens with zero attached hydrogens (tertiary/aromatic N) is 1. The van der Waals surface area contributed by atoms with Gasteiger partial charge in [-0.1, -0.05) is 37.3 Å². The zero-order valence-corrected chi connectivity index (χ0v) is 13.6. The number of benzene rings is 1. The Morgan fingerprint density at radius 2 is 2.12 bits per heavy atom. The Morgan fingerprint density at radius 1 is 1.33 bits per heavy atom. The first-order valence-corrected chi connectivity index (χ1v) is 8.18. The molecule has 0 saturated carbocycles. The molecular formula is C18H22N4O2. The molecule has 2 aromatic rings. The molecule has 2 heterocycles. The van der Waals surface area contributed by atoms with Crippen LogP contribution in [0.4, 0.5) is 11.5 Å². The molecule has 0 radical (unpaired) electrons. The summed E-state index contributed by atoms with van der Waals surface area (Å²) < 4.78 is 0. The lowest BCUT2D eigenvalue weighted by Crippen LogP contribution is -2.49. The van der Waals surface area contributed by atoms with Crippen LogP contribution >= 0.6 is 0 Å². The number of aliphatic carboxylic acids is 1. The second-order valence-corrected chi connectivity index (χ2v) is 5.89. The quantitative estimate of drug-likeness (QED) is 0.652. The van der Waals surface area contributed by atoms with Crippen LogP contribution in [0.2, 0.25) is 0 Å². The number of hydrogen-bond donors (Lipinski definition) is 4. The van der Waals surface area contributed by atoms with E-state index in [1.165, 1.54) is 0 Å². The fourth-order valence-corrected chi connectivity index (χ4v) is 3.00. The van der Waals surface area contributed by atoms with E-state index in [0.717, 1.165) is 17.1 Å². The van der Waals surface area contributed by atoms with Crippen molar-refractivity contribution in [1.82, 2.24) is 10.3 Å². The molecule has 1 aliphatic heterocycles. The number of aromatic nitrogens is 1. The Bertz CT molecular complexity index is 692. The number of anilines is 2. The Kier molecular flexibility index (Phi) is 4.96. The molecule has 6 nitrogen and oxygen atoms in total. The van der Waals surface area contributed by atoms with Crippen LogP contribution in [0.25, 0.3) is 0 Å². The minimum Gasteiger partial charge on any atom is -0.480 e. The number of fused-ring (bicyclic) bond motifs is 1. The van der Waals surface area contributed by atoms with E-state index in [4.69, 9.17) is 0 Å². The predicted molar refractivity (Wildman–Crippen MR) is 94.2 cm³/mol. The predicted octanol–water partition coefficient (Wildman–Crippen LogP) is 2.48. The average Bonchev–Trinajstić information content (AvgIpc) is 2.62. The minimum absolute atomic E-state index is 0.0109. The number of carboxylic acid groups (broad SMARTS) is 1. The molecule has 3 atom stereocenters. The molecule has 1 unspecified atom stereocenters. The van der Waals surface area contributed by atoms with Crippen LogP contribution in [0.3, 0.4) is 0 Å². The molecule has 1 aromatic carbocycles. The van der Waals surface area contributed by atoms with Crippen molar-refractivity contribution in [2.75, 3.05) is 17.2 Å². The zero-order valence-electron chi connectivity index (χ0n) is 13.6. The van der Waals surface area contributed by atoms with Gasteiger partial charge in [0.05, 0.1) is 17.8 Å². The Morgan fingerprint density at radius 3 is 2.83 bits per heavy atom. The van der Waals surface area contributed by atoms with Gasteiger partial charge in [-0.3, -0.25) is 10.1 Å². The van der Waals surface area contributed by atoms with Gasteiger partial charge in [-0.15, -0.1) is 0 Å². The molecule has 1 aliphatic rings. The lowest BCUT2D eigenvalue weighted by molar-refractivity contribution is -0.139. The fraction of sp³-hybridized carbons (Fsp3) is 0.333. The first-order chi connectivity index (χ1) is 11.7. The van der Waals surface area contributed by atoms with Gasteiger partial charge in [0, 0.05) is 12.7 Å². The van der Waals surface area contributed by atoms with E-state index in [-0.39, 0.29) is 12.1 Å². The summed E-state index contributed by atoms with van der Waals surface area (Å²) in [5.74, 6) is -0.0411. The Hall–Kier alpha value is -2.60. The highest BCUT2D eigenvalue weighted by Gasteiger charge is 2.30. The summed E-state index contributed by atoms with van der Waals surface area (Å²) in [6, 6.07) is 13.0. The number of carbonyl (C=O) groups is 1. The molecule has 4 N–H and O–H groups in total. The minimum atomic E-state index is -0.833. The van der Waals surface area contributed by atoms with Gasteiger partial charge >= 0.3 is 5.97 Å². The SMILES string of the molecule is CCC(N[C@H](c1ccccc1)[C@H]1CNc2cccnc2N1)C(=O)O. The summed E-state index contributed by atoms with van der Waals surface area (Å²) >= 11 is 0. The monoisotopic (exact) mass is 326 g/mol. The third-order valence-corrected chi connectivity index (χ3v) is 4.29. The van der Waals surface area contributed by atoms with E-state index >= 15 is 0 Å². The molecule has 0 spiro atoms. The van der Waals surface area contributed by atoms with E-state index in [2.05, 4.69) is 20.9 Å². The largest absolute Gasteiger partial charge is 0.480 e. The molecule has 0 aliphatic carbocycles. The highest BCUT2D eigenvalue weighted by molar-refractivity contribution is 5.73. The summed E-state index contributed by atoms with van der Waals surface area (Å²) in [4.78, 5) is 15.8. The van der Waals surface area contributed by atoms with Crippen molar-refractivity contribution in [1.29, 1.82) is 0 Å². The highest BCUT2D eigenvalue weighted by atomic mass is 16.4. The van der Waals surface area contributed by atoms with Crippen LogP contribution < -0.4 is 16.0 Å². The molecular weight excluding hydrogens is 304 g/mol. The molecule has 1 aromatic heterocycles. The van der Waals surface area contributed by atoms with Crippen LogP contribution in [0.5, 0.6) is 0 Å². The van der Waals surface area contributed by atoms with Gasteiger partial charge < -0.3 is 15.7 Å². The van der Waals surface area contributed by atoms with Crippen molar-refractivity contribution < 1.29 is 9.90 Å². The van der Waals surface area contributed by atoms with Crippen molar-refractivity contribution in [3.63, 3.8) is 0 Å². The molecule has 3 rings (SSSR count). The molecule has 126 valence electrons. The summed E-state index contributed by atoms with van der Waals surface area (Å²) in [5.41, 5.74) is 2.02. The number of rotatable bonds is 6. The first-order valence-electron chi connectivity index (χ1n) is 8.18. The number of hydrogen-bond acceptors (Lipinski definition) is 5. The topological polar surface area (TPSA) is 86.3 Å². The maximum Gasteiger partial charge on any atom is 0.320 e. The van der Waals surface area contributed by atoms with Crippen LogP contribution in [0.15, 0.2) is 48.7 Å². The number of nitrogens with one attached hydrogen (secondary N) is 3. The van der Waals surface area contributed by atoms with Crippen LogP contribution in [0, 0.1) is 0 Å². The van der Waals surface area contributed by atoms with Crippen molar-refractivity contribution in [2.24, 2.45) is 0 Å². The fourth-order valence-electron chi connectivity index (χ4n) is 3.00. The van der Waals surface area contributed by atoms with Crippen LogP contribution in [-0.2, 0) is 4.79 Å². The van der Waals surface area contributed by atoms with E-state index in [1.54, 1.807) is 6.20 Å². The van der Waals surface area contributed by atoms with Crippen LogP contribution in [-0.4, -0.2) is 34.7 Å². The third-order valence-electron chi connectivity index (χ3n) is 4.29. The van der Waals surface area contributed by atoms with Gasteiger partial charge in [0.25, 0.3) is 0 Å². The number of pyridine rings is 1. The lowest BCUT2D eigenvalue weighted by Gasteiger charge is -2.35. The second kappa shape index (κ2) is 7.31. The molecule has 0 bridgehead atoms. The number of carboxylic acids is 1. The standard InChI is InChI=1S/C18H22N4O2/c1-2-13(18(23)24)21-16(12-7-4-3-5-8-12)15-11-20-14-9-6-10-19-17(14)22-15/h3-10,13,15-16,20-21H,2,11H2,1H3,(H,19,22)(H,23,24)/t13?,15-,16-/m1/s1. The van der Waals surface area contributed by atoms with E-state index in [0.29, 0.717) is 13.0 Å². The van der Waals surface area contributed by atoms with Crippen molar-refractivity contribution >= 4 is 17.5 Å². The zero-order chi connectivity index (χ0) is 16.9. The molecule has 24 heavy (non-hydrogen) atoms. The average molecular weight is 326 g/mol. The van der Waals surface area contributed by atoms with Crippen LogP contribution in [0.1, 0.15) is 24.9 Å². The molecule has 6 heteroatoms. The third kappa shape index (κ3) is 3.49. The highest BCUT2D eigenvalue weighted by Crippen LogP contribution is 2.28. The molecule has 0 amide bonds.